The first-order chi connectivity index (χ1) is 15.8. The van der Waals surface area contributed by atoms with Crippen molar-refractivity contribution in [1.29, 1.82) is 0 Å². The molecular formula is C24H15Cl2I2NO3S. The number of thioether (sulfide) groups is 1. The Morgan fingerprint density at radius 3 is 2.48 bits per heavy atom. The molecule has 168 valence electrons. The van der Waals surface area contributed by atoms with E-state index in [4.69, 9.17) is 27.9 Å². The molecule has 0 spiro atoms. The Morgan fingerprint density at radius 1 is 1.00 bits per heavy atom. The third-order valence-corrected chi connectivity index (χ3v) is 7.69. The van der Waals surface area contributed by atoms with E-state index in [0.717, 1.165) is 30.0 Å². The second-order valence-electron chi connectivity index (χ2n) is 7.08. The molecule has 0 atom stereocenters. The molecule has 3 aromatic carbocycles. The predicted molar refractivity (Wildman–Crippen MR) is 151 cm³/mol. The molecule has 4 rings (SSSR count). The van der Waals surface area contributed by atoms with Gasteiger partial charge in [-0.15, -0.1) is 0 Å². The lowest BCUT2D eigenvalue weighted by molar-refractivity contribution is -0.123. The molecule has 0 bridgehead atoms. The normalized spacial score (nSPS) is 14.9. The van der Waals surface area contributed by atoms with Gasteiger partial charge in [0, 0.05) is 19.2 Å². The fourth-order valence-electron chi connectivity index (χ4n) is 3.17. The summed E-state index contributed by atoms with van der Waals surface area (Å²) in [6, 6.07) is 18.8. The minimum Gasteiger partial charge on any atom is -0.487 e. The molecule has 1 fully saturated rings. The van der Waals surface area contributed by atoms with Gasteiger partial charge in [0.1, 0.15) is 12.4 Å². The van der Waals surface area contributed by atoms with Crippen molar-refractivity contribution in [2.75, 3.05) is 0 Å². The molecule has 2 amide bonds. The molecule has 0 saturated carbocycles. The number of hydrogen-bond acceptors (Lipinski definition) is 4. The maximum absolute atomic E-state index is 13.1. The summed E-state index contributed by atoms with van der Waals surface area (Å²) >= 11 is 17.5. The molecule has 4 nitrogen and oxygen atoms in total. The highest BCUT2D eigenvalue weighted by atomic mass is 127. The lowest BCUT2D eigenvalue weighted by atomic mass is 10.1. The molecular weight excluding hydrogens is 707 g/mol. The summed E-state index contributed by atoms with van der Waals surface area (Å²) in [5.74, 6) is 0.311. The molecule has 1 heterocycles. The van der Waals surface area contributed by atoms with Gasteiger partial charge in [0.05, 0.1) is 15.0 Å². The first-order valence-electron chi connectivity index (χ1n) is 9.67. The van der Waals surface area contributed by atoms with E-state index < -0.39 is 0 Å². The van der Waals surface area contributed by atoms with Gasteiger partial charge in [0.25, 0.3) is 11.1 Å². The first kappa shape index (κ1) is 24.8. The molecule has 9 heteroatoms. The Bertz CT molecular complexity index is 1270. The van der Waals surface area contributed by atoms with Crippen molar-refractivity contribution >= 4 is 97.4 Å². The van der Waals surface area contributed by atoms with Crippen LogP contribution in [0.25, 0.3) is 6.08 Å². The van der Waals surface area contributed by atoms with E-state index in [1.54, 1.807) is 24.3 Å². The Kier molecular flexibility index (Phi) is 8.27. The predicted octanol–water partition coefficient (Wildman–Crippen LogP) is 8.02. The Labute approximate surface area is 232 Å². The Hall–Kier alpha value is -1.27. The van der Waals surface area contributed by atoms with Gasteiger partial charge in [0.2, 0.25) is 0 Å². The van der Waals surface area contributed by atoms with Crippen LogP contribution >= 0.6 is 80.1 Å². The highest BCUT2D eigenvalue weighted by Gasteiger charge is 2.35. The average Bonchev–Trinajstić information content (AvgIpc) is 3.03. The van der Waals surface area contributed by atoms with E-state index in [2.05, 4.69) is 45.2 Å². The molecule has 1 saturated heterocycles. The zero-order chi connectivity index (χ0) is 23.5. The number of benzene rings is 3. The third kappa shape index (κ3) is 6.05. The lowest BCUT2D eigenvalue weighted by Crippen LogP contribution is -2.27. The van der Waals surface area contributed by atoms with Gasteiger partial charge >= 0.3 is 0 Å². The van der Waals surface area contributed by atoms with E-state index in [0.29, 0.717) is 32.9 Å². The number of imide groups is 1. The first-order valence-corrected chi connectivity index (χ1v) is 13.4. The van der Waals surface area contributed by atoms with E-state index in [1.165, 1.54) is 4.90 Å². The zero-order valence-electron chi connectivity index (χ0n) is 16.9. The maximum Gasteiger partial charge on any atom is 0.293 e. The van der Waals surface area contributed by atoms with Gasteiger partial charge in [-0.1, -0.05) is 59.6 Å². The summed E-state index contributed by atoms with van der Waals surface area (Å²) in [6.45, 7) is 0.480. The highest BCUT2D eigenvalue weighted by molar-refractivity contribution is 14.1. The molecule has 33 heavy (non-hydrogen) atoms. The minimum atomic E-state index is -0.362. The van der Waals surface area contributed by atoms with Crippen LogP contribution in [0.1, 0.15) is 16.7 Å². The van der Waals surface area contributed by atoms with Crippen molar-refractivity contribution in [3.05, 3.63) is 99.4 Å². The summed E-state index contributed by atoms with van der Waals surface area (Å²) in [7, 11) is 0. The number of amides is 2. The number of rotatable bonds is 6. The van der Waals surface area contributed by atoms with Crippen molar-refractivity contribution in [2.45, 2.75) is 13.2 Å². The number of halogens is 4. The van der Waals surface area contributed by atoms with Crippen molar-refractivity contribution in [3.63, 3.8) is 0 Å². The number of carbonyl (C=O) groups excluding carboxylic acids is 2. The number of hydrogen-bond donors (Lipinski definition) is 0. The van der Waals surface area contributed by atoms with Crippen LogP contribution in [0.5, 0.6) is 5.75 Å². The fraction of sp³-hybridized carbons (Fsp3) is 0.0833. The van der Waals surface area contributed by atoms with Gasteiger partial charge in [0.15, 0.2) is 0 Å². The largest absolute Gasteiger partial charge is 0.487 e. The van der Waals surface area contributed by atoms with Crippen molar-refractivity contribution in [3.8, 4) is 5.75 Å². The second-order valence-corrected chi connectivity index (χ2v) is 11.3. The molecule has 1 aliphatic rings. The minimum absolute atomic E-state index is 0.0826. The van der Waals surface area contributed by atoms with E-state index in [9.17, 15) is 9.59 Å². The van der Waals surface area contributed by atoms with Gasteiger partial charge < -0.3 is 4.74 Å². The Balaban J connectivity index is 1.60. The molecule has 3 aromatic rings. The van der Waals surface area contributed by atoms with Crippen molar-refractivity contribution in [1.82, 2.24) is 4.90 Å². The van der Waals surface area contributed by atoms with Crippen LogP contribution in [0, 0.1) is 7.14 Å². The van der Waals surface area contributed by atoms with Gasteiger partial charge in [-0.2, -0.15) is 0 Å². The van der Waals surface area contributed by atoms with Crippen molar-refractivity contribution < 1.29 is 14.3 Å². The monoisotopic (exact) mass is 721 g/mol. The summed E-state index contributed by atoms with van der Waals surface area (Å²) in [6.07, 6.45) is 1.72. The Morgan fingerprint density at radius 2 is 1.76 bits per heavy atom. The maximum atomic E-state index is 13.1. The van der Waals surface area contributed by atoms with Crippen LogP contribution in [0.15, 0.2) is 65.6 Å². The van der Waals surface area contributed by atoms with E-state index >= 15 is 0 Å². The zero-order valence-corrected chi connectivity index (χ0v) is 23.5. The molecule has 1 aliphatic heterocycles. The molecule has 0 N–H and O–H groups in total. The molecule has 0 unspecified atom stereocenters. The SMILES string of the molecule is O=C1S/C(=C/c2cc(I)cc(I)c2OCc2ccccc2)C(=O)N1Cc1ccc(Cl)cc1Cl. The third-order valence-electron chi connectivity index (χ3n) is 4.77. The summed E-state index contributed by atoms with van der Waals surface area (Å²) in [5, 5.41) is 0.563. The van der Waals surface area contributed by atoms with Gasteiger partial charge in [-0.3, -0.25) is 14.5 Å². The number of carbonyl (C=O) groups is 2. The summed E-state index contributed by atoms with van der Waals surface area (Å²) < 4.78 is 8.05. The van der Waals surface area contributed by atoms with Gasteiger partial charge in [-0.25, -0.2) is 0 Å². The summed E-state index contributed by atoms with van der Waals surface area (Å²) in [5.41, 5.74) is 2.44. The van der Waals surface area contributed by atoms with Gasteiger partial charge in [-0.05, 0) is 98.4 Å². The van der Waals surface area contributed by atoms with Crippen molar-refractivity contribution in [2.24, 2.45) is 0 Å². The second kappa shape index (κ2) is 11.0. The van der Waals surface area contributed by atoms with Crippen LogP contribution in [-0.2, 0) is 17.9 Å². The smallest absolute Gasteiger partial charge is 0.293 e. The van der Waals surface area contributed by atoms with E-state index in [-0.39, 0.29) is 17.7 Å². The molecule has 0 aromatic heterocycles. The van der Waals surface area contributed by atoms with Crippen LogP contribution in [0.3, 0.4) is 0 Å². The van der Waals surface area contributed by atoms with Crippen LogP contribution in [0.2, 0.25) is 10.0 Å². The number of ether oxygens (including phenoxy) is 1. The van der Waals surface area contributed by atoms with Crippen LogP contribution < -0.4 is 4.74 Å². The molecule has 0 radical (unpaired) electrons. The van der Waals surface area contributed by atoms with Crippen LogP contribution in [-0.4, -0.2) is 16.0 Å². The van der Waals surface area contributed by atoms with E-state index in [1.807, 2.05) is 42.5 Å². The standard InChI is InChI=1S/C24H15Cl2I2NO3S/c25-17-7-6-15(19(26)10-17)12-29-23(30)21(33-24(29)31)9-16-8-18(27)11-20(28)22(16)32-13-14-4-2-1-3-5-14/h1-11H,12-13H2/b21-9+. The molecule has 0 aliphatic carbocycles. The highest BCUT2D eigenvalue weighted by Crippen LogP contribution is 2.37. The summed E-state index contributed by atoms with van der Waals surface area (Å²) in [4.78, 5) is 27.2. The lowest BCUT2D eigenvalue weighted by Gasteiger charge is -2.14. The number of nitrogens with zero attached hydrogens (tertiary/aromatic N) is 1. The van der Waals surface area contributed by atoms with Crippen LogP contribution in [0.4, 0.5) is 4.79 Å². The topological polar surface area (TPSA) is 46.6 Å². The quantitative estimate of drug-likeness (QED) is 0.191. The average molecular weight is 722 g/mol. The fourth-order valence-corrected chi connectivity index (χ4v) is 6.51.